The van der Waals surface area contributed by atoms with Crippen molar-refractivity contribution in [2.45, 2.75) is 26.7 Å². The third-order valence-electron chi connectivity index (χ3n) is 4.95. The van der Waals surface area contributed by atoms with Crippen LogP contribution in [0.2, 0.25) is 0 Å². The maximum absolute atomic E-state index is 12.6. The molecule has 3 rings (SSSR count). The van der Waals surface area contributed by atoms with Crippen LogP contribution in [0.1, 0.15) is 24.0 Å². The number of carbonyl (C=O) groups excluding carboxylic acids is 1. The third-order valence-corrected chi connectivity index (χ3v) is 6.14. The lowest BCUT2D eigenvalue weighted by molar-refractivity contribution is -0.116. The van der Waals surface area contributed by atoms with Crippen LogP contribution in [0, 0.1) is 13.8 Å². The summed E-state index contributed by atoms with van der Waals surface area (Å²) in [4.78, 5) is 12.6. The molecule has 0 aliphatic heterocycles. The minimum absolute atomic E-state index is 0.141. The van der Waals surface area contributed by atoms with Gasteiger partial charge >= 0.3 is 0 Å². The van der Waals surface area contributed by atoms with Crippen LogP contribution in [0.3, 0.4) is 0 Å². The third kappa shape index (κ3) is 6.18. The van der Waals surface area contributed by atoms with Gasteiger partial charge in [0.15, 0.2) is 0 Å². The first-order chi connectivity index (χ1) is 14.7. The van der Waals surface area contributed by atoms with Crippen LogP contribution in [-0.2, 0) is 14.8 Å². The highest BCUT2D eigenvalue weighted by Crippen LogP contribution is 2.28. The molecular formula is C25H28N2O3S. The lowest BCUT2D eigenvalue weighted by atomic mass is 10.0. The van der Waals surface area contributed by atoms with Crippen LogP contribution >= 0.6 is 0 Å². The zero-order valence-corrected chi connectivity index (χ0v) is 18.9. The summed E-state index contributed by atoms with van der Waals surface area (Å²) < 4.78 is 26.1. The molecule has 0 spiro atoms. The van der Waals surface area contributed by atoms with Crippen LogP contribution in [0.25, 0.3) is 11.1 Å². The van der Waals surface area contributed by atoms with Crippen molar-refractivity contribution in [2.75, 3.05) is 22.4 Å². The first-order valence-electron chi connectivity index (χ1n) is 10.2. The van der Waals surface area contributed by atoms with Crippen molar-refractivity contribution in [3.63, 3.8) is 0 Å². The summed E-state index contributed by atoms with van der Waals surface area (Å²) >= 11 is 0. The van der Waals surface area contributed by atoms with Crippen LogP contribution < -0.4 is 9.62 Å². The number of sulfonamides is 1. The van der Waals surface area contributed by atoms with Gasteiger partial charge in [-0.25, -0.2) is 8.42 Å². The molecule has 1 N–H and O–H groups in total. The van der Waals surface area contributed by atoms with Crippen LogP contribution in [0.15, 0.2) is 72.8 Å². The maximum Gasteiger partial charge on any atom is 0.232 e. The highest BCUT2D eigenvalue weighted by Gasteiger charge is 2.18. The average Bonchev–Trinajstić information content (AvgIpc) is 2.70. The molecule has 0 saturated heterocycles. The molecule has 0 aliphatic rings. The van der Waals surface area contributed by atoms with Gasteiger partial charge in [-0.1, -0.05) is 54.6 Å². The largest absolute Gasteiger partial charge is 0.326 e. The molecule has 31 heavy (non-hydrogen) atoms. The Hall–Kier alpha value is -3.12. The number of benzene rings is 3. The SMILES string of the molecule is Cc1cc(C)cc(N(CCCC(=O)Nc2ccccc2-c2ccccc2)S(C)(=O)=O)c1. The normalized spacial score (nSPS) is 11.2. The van der Waals surface area contributed by atoms with E-state index in [9.17, 15) is 13.2 Å². The molecule has 0 heterocycles. The number of para-hydroxylation sites is 1. The number of carbonyl (C=O) groups is 1. The van der Waals surface area contributed by atoms with Gasteiger partial charge in [0.05, 0.1) is 11.9 Å². The van der Waals surface area contributed by atoms with Crippen molar-refractivity contribution >= 4 is 27.3 Å². The lowest BCUT2D eigenvalue weighted by Crippen LogP contribution is -2.31. The fourth-order valence-corrected chi connectivity index (χ4v) is 4.59. The fraction of sp³-hybridized carbons (Fsp3) is 0.240. The number of nitrogens with zero attached hydrogens (tertiary/aromatic N) is 1. The van der Waals surface area contributed by atoms with Gasteiger partial charge in [-0.3, -0.25) is 9.10 Å². The molecule has 0 aliphatic carbocycles. The van der Waals surface area contributed by atoms with Gasteiger partial charge in [0, 0.05) is 24.2 Å². The van der Waals surface area contributed by atoms with Crippen molar-refractivity contribution in [2.24, 2.45) is 0 Å². The number of rotatable bonds is 8. The number of nitrogens with one attached hydrogen (secondary N) is 1. The number of aryl methyl sites for hydroxylation is 2. The molecule has 0 unspecified atom stereocenters. The summed E-state index contributed by atoms with van der Waals surface area (Å²) in [6.07, 6.45) is 1.83. The van der Waals surface area contributed by atoms with E-state index in [4.69, 9.17) is 0 Å². The molecule has 0 bridgehead atoms. The molecule has 162 valence electrons. The Morgan fingerprint density at radius 3 is 2.16 bits per heavy atom. The fourth-order valence-electron chi connectivity index (χ4n) is 3.64. The van der Waals surface area contributed by atoms with Crippen molar-refractivity contribution in [3.8, 4) is 11.1 Å². The van der Waals surface area contributed by atoms with Gasteiger partial charge in [-0.15, -0.1) is 0 Å². The van der Waals surface area contributed by atoms with Crippen molar-refractivity contribution in [1.82, 2.24) is 0 Å². The number of hydrogen-bond acceptors (Lipinski definition) is 3. The second kappa shape index (κ2) is 9.79. The second-order valence-electron chi connectivity index (χ2n) is 7.74. The van der Waals surface area contributed by atoms with Gasteiger partial charge in [0.2, 0.25) is 15.9 Å². The predicted octanol–water partition coefficient (Wildman–Crippen LogP) is 5.16. The zero-order valence-electron chi connectivity index (χ0n) is 18.1. The first kappa shape index (κ1) is 22.6. The summed E-state index contributed by atoms with van der Waals surface area (Å²) in [6, 6.07) is 23.2. The lowest BCUT2D eigenvalue weighted by Gasteiger charge is -2.23. The van der Waals surface area contributed by atoms with E-state index in [0.717, 1.165) is 27.9 Å². The van der Waals surface area contributed by atoms with Gasteiger partial charge in [-0.05, 0) is 55.2 Å². The molecule has 0 fully saturated rings. The van der Waals surface area contributed by atoms with Crippen molar-refractivity contribution in [1.29, 1.82) is 0 Å². The zero-order chi connectivity index (χ0) is 22.4. The van der Waals surface area contributed by atoms with E-state index in [2.05, 4.69) is 5.32 Å². The summed E-state index contributed by atoms with van der Waals surface area (Å²) in [6.45, 7) is 4.12. The maximum atomic E-state index is 12.6. The molecule has 0 aromatic heterocycles. The molecule has 6 heteroatoms. The van der Waals surface area contributed by atoms with Gasteiger partial charge in [-0.2, -0.15) is 0 Å². The quantitative estimate of drug-likeness (QED) is 0.531. The smallest absolute Gasteiger partial charge is 0.232 e. The molecule has 0 radical (unpaired) electrons. The standard InChI is InChI=1S/C25H28N2O3S/c1-19-16-20(2)18-22(17-19)27(31(3,29)30)15-9-14-25(28)26-24-13-8-7-12-23(24)21-10-5-4-6-11-21/h4-8,10-13,16-18H,9,14-15H2,1-3H3,(H,26,28). The topological polar surface area (TPSA) is 66.5 Å². The Morgan fingerprint density at radius 1 is 0.903 bits per heavy atom. The van der Waals surface area contributed by atoms with E-state index in [-0.39, 0.29) is 18.9 Å². The monoisotopic (exact) mass is 436 g/mol. The van der Waals surface area contributed by atoms with E-state index < -0.39 is 10.0 Å². The Kier molecular flexibility index (Phi) is 7.13. The minimum Gasteiger partial charge on any atom is -0.326 e. The molecule has 0 atom stereocenters. The van der Waals surface area contributed by atoms with Gasteiger partial charge < -0.3 is 5.32 Å². The number of amides is 1. The van der Waals surface area contributed by atoms with E-state index >= 15 is 0 Å². The van der Waals surface area contributed by atoms with E-state index in [0.29, 0.717) is 12.1 Å². The number of hydrogen-bond donors (Lipinski definition) is 1. The highest BCUT2D eigenvalue weighted by atomic mass is 32.2. The van der Waals surface area contributed by atoms with Crippen molar-refractivity contribution in [3.05, 3.63) is 83.9 Å². The Bertz CT molecular complexity index is 1140. The van der Waals surface area contributed by atoms with E-state index in [1.165, 1.54) is 10.6 Å². The van der Waals surface area contributed by atoms with Crippen LogP contribution in [0.4, 0.5) is 11.4 Å². The second-order valence-corrected chi connectivity index (χ2v) is 9.65. The van der Waals surface area contributed by atoms with E-state index in [1.54, 1.807) is 0 Å². The Labute approximate surface area is 184 Å². The molecule has 5 nitrogen and oxygen atoms in total. The Morgan fingerprint density at radius 2 is 1.52 bits per heavy atom. The number of anilines is 2. The van der Waals surface area contributed by atoms with Gasteiger partial charge in [0.25, 0.3) is 0 Å². The van der Waals surface area contributed by atoms with Crippen LogP contribution in [0.5, 0.6) is 0 Å². The minimum atomic E-state index is -3.45. The summed E-state index contributed by atoms with van der Waals surface area (Å²) in [5.74, 6) is -0.141. The summed E-state index contributed by atoms with van der Waals surface area (Å²) in [5.41, 5.74) is 5.35. The molecule has 0 saturated carbocycles. The summed E-state index contributed by atoms with van der Waals surface area (Å²) in [5, 5.41) is 2.97. The molecule has 1 amide bonds. The molecular weight excluding hydrogens is 408 g/mol. The highest BCUT2D eigenvalue weighted by molar-refractivity contribution is 7.92. The molecule has 3 aromatic rings. The van der Waals surface area contributed by atoms with Gasteiger partial charge in [0.1, 0.15) is 0 Å². The van der Waals surface area contributed by atoms with Crippen LogP contribution in [-0.4, -0.2) is 27.1 Å². The first-order valence-corrected chi connectivity index (χ1v) is 12.1. The average molecular weight is 437 g/mol. The van der Waals surface area contributed by atoms with E-state index in [1.807, 2.05) is 86.6 Å². The summed E-state index contributed by atoms with van der Waals surface area (Å²) in [7, 11) is -3.45. The predicted molar refractivity (Wildman–Crippen MR) is 128 cm³/mol. The Balaban J connectivity index is 1.67. The van der Waals surface area contributed by atoms with Crippen molar-refractivity contribution < 1.29 is 13.2 Å². The molecule has 3 aromatic carbocycles.